The molecular formula is C24H31N3O4. The fourth-order valence-electron chi connectivity index (χ4n) is 6.28. The molecule has 2 N–H and O–H groups in total. The quantitative estimate of drug-likeness (QED) is 0.727. The summed E-state index contributed by atoms with van der Waals surface area (Å²) in [7, 11) is 0. The topological polar surface area (TPSA) is 87.7 Å². The highest BCUT2D eigenvalue weighted by Gasteiger charge is 2.55. The molecule has 0 radical (unpaired) electrons. The molecule has 4 atom stereocenters. The third-order valence-corrected chi connectivity index (χ3v) is 7.88. The lowest BCUT2D eigenvalue weighted by Gasteiger charge is -2.57. The smallest absolute Gasteiger partial charge is 0.309 e. The normalized spacial score (nSPS) is 32.2. The highest BCUT2D eigenvalue weighted by molar-refractivity contribution is 6.02. The summed E-state index contributed by atoms with van der Waals surface area (Å²) in [6.07, 6.45) is 5.01. The van der Waals surface area contributed by atoms with Crippen molar-refractivity contribution in [2.45, 2.75) is 51.1 Å². The molecule has 2 heterocycles. The number of piperidine rings is 1. The number of para-hydroxylation sites is 1. The van der Waals surface area contributed by atoms with Crippen molar-refractivity contribution in [2.24, 2.45) is 23.7 Å². The number of carbonyl (C=O) groups excluding carboxylic acids is 3. The van der Waals surface area contributed by atoms with Crippen molar-refractivity contribution in [2.75, 3.05) is 25.0 Å². The van der Waals surface area contributed by atoms with Gasteiger partial charge in [0.1, 0.15) is 5.66 Å². The van der Waals surface area contributed by atoms with E-state index in [-0.39, 0.29) is 41.5 Å². The SMILES string of the molecule is CCOC(=O)C1CCN(C(=O)C2CC3CCC2C[C@@]32NC(=O)c3ccccc3N2)CC1. The van der Waals surface area contributed by atoms with E-state index in [4.69, 9.17) is 4.74 Å². The maximum Gasteiger partial charge on any atom is 0.309 e. The Labute approximate surface area is 182 Å². The molecular weight excluding hydrogens is 394 g/mol. The minimum atomic E-state index is -0.442. The first-order chi connectivity index (χ1) is 15.0. The van der Waals surface area contributed by atoms with Gasteiger partial charge in [-0.2, -0.15) is 0 Å². The predicted molar refractivity (Wildman–Crippen MR) is 115 cm³/mol. The molecule has 2 amide bonds. The van der Waals surface area contributed by atoms with Crippen LogP contribution in [0, 0.1) is 23.7 Å². The van der Waals surface area contributed by atoms with Gasteiger partial charge in [0.2, 0.25) is 5.91 Å². The second-order valence-electron chi connectivity index (χ2n) is 9.53. The van der Waals surface area contributed by atoms with Gasteiger partial charge in [-0.1, -0.05) is 12.1 Å². The molecule has 0 aromatic heterocycles. The number of esters is 1. The van der Waals surface area contributed by atoms with Crippen LogP contribution in [0.2, 0.25) is 0 Å². The summed E-state index contributed by atoms with van der Waals surface area (Å²) in [6, 6.07) is 7.64. The molecule has 1 aromatic rings. The number of nitrogens with zero attached hydrogens (tertiary/aromatic N) is 1. The molecule has 6 rings (SSSR count). The number of ether oxygens (including phenoxy) is 1. The average molecular weight is 426 g/mol. The number of likely N-dealkylation sites (tertiary alicyclic amines) is 1. The Hall–Kier alpha value is -2.57. The maximum atomic E-state index is 13.4. The summed E-state index contributed by atoms with van der Waals surface area (Å²) in [5, 5.41) is 6.90. The molecule has 1 spiro atoms. The van der Waals surface area contributed by atoms with Gasteiger partial charge in [0.05, 0.1) is 18.1 Å². The third-order valence-electron chi connectivity index (χ3n) is 7.88. The monoisotopic (exact) mass is 425 g/mol. The molecule has 7 heteroatoms. The highest BCUT2D eigenvalue weighted by Crippen LogP contribution is 2.52. The summed E-state index contributed by atoms with van der Waals surface area (Å²) < 4.78 is 5.15. The van der Waals surface area contributed by atoms with E-state index >= 15 is 0 Å². The van der Waals surface area contributed by atoms with Crippen molar-refractivity contribution in [3.05, 3.63) is 29.8 Å². The lowest BCUT2D eigenvalue weighted by atomic mass is 9.58. The Morgan fingerprint density at radius 1 is 1.13 bits per heavy atom. The summed E-state index contributed by atoms with van der Waals surface area (Å²) in [4.78, 5) is 40.1. The van der Waals surface area contributed by atoms with Gasteiger partial charge in [-0.15, -0.1) is 0 Å². The zero-order valence-electron chi connectivity index (χ0n) is 18.1. The zero-order valence-corrected chi connectivity index (χ0v) is 18.1. The van der Waals surface area contributed by atoms with E-state index < -0.39 is 5.66 Å². The Morgan fingerprint density at radius 3 is 2.61 bits per heavy atom. The molecule has 5 aliphatic rings. The van der Waals surface area contributed by atoms with E-state index in [0.29, 0.717) is 38.1 Å². The average Bonchev–Trinajstić information content (AvgIpc) is 2.79. The van der Waals surface area contributed by atoms with Gasteiger partial charge in [0.25, 0.3) is 5.91 Å². The molecule has 2 aliphatic heterocycles. The van der Waals surface area contributed by atoms with Crippen LogP contribution in [0.15, 0.2) is 24.3 Å². The van der Waals surface area contributed by atoms with Crippen LogP contribution in [0.4, 0.5) is 5.69 Å². The van der Waals surface area contributed by atoms with E-state index in [9.17, 15) is 14.4 Å². The molecule has 2 bridgehead atoms. The van der Waals surface area contributed by atoms with Gasteiger partial charge in [0.15, 0.2) is 0 Å². The van der Waals surface area contributed by atoms with E-state index in [2.05, 4.69) is 10.6 Å². The number of rotatable bonds is 3. The van der Waals surface area contributed by atoms with Crippen LogP contribution < -0.4 is 10.6 Å². The second-order valence-corrected chi connectivity index (χ2v) is 9.53. The number of carbonyl (C=O) groups is 3. The Bertz CT molecular complexity index is 895. The Kier molecular flexibility index (Phi) is 5.15. The van der Waals surface area contributed by atoms with Gasteiger partial charge < -0.3 is 20.3 Å². The molecule has 3 aliphatic carbocycles. The summed E-state index contributed by atoms with van der Waals surface area (Å²) >= 11 is 0. The molecule has 7 nitrogen and oxygen atoms in total. The minimum Gasteiger partial charge on any atom is -0.466 e. The number of hydrogen-bond acceptors (Lipinski definition) is 5. The van der Waals surface area contributed by atoms with Crippen molar-refractivity contribution < 1.29 is 19.1 Å². The van der Waals surface area contributed by atoms with Crippen molar-refractivity contribution in [3.8, 4) is 0 Å². The van der Waals surface area contributed by atoms with Crippen LogP contribution in [0.3, 0.4) is 0 Å². The van der Waals surface area contributed by atoms with E-state index in [1.54, 1.807) is 0 Å². The molecule has 166 valence electrons. The van der Waals surface area contributed by atoms with Crippen LogP contribution in [0.25, 0.3) is 0 Å². The highest BCUT2D eigenvalue weighted by atomic mass is 16.5. The number of benzene rings is 1. The standard InChI is InChI=1S/C24H31N3O4/c1-2-31-23(30)15-9-11-27(12-10-15)22(29)19-13-17-8-7-16(19)14-24(17)25-20-6-4-3-5-18(20)21(28)26-24/h3-6,15-17,19,25H,2,7-14H2,1H3,(H,26,28)/t16?,17?,19?,24-/m1/s1. The molecule has 1 aromatic carbocycles. The third kappa shape index (κ3) is 3.48. The van der Waals surface area contributed by atoms with Gasteiger partial charge in [-0.3, -0.25) is 14.4 Å². The van der Waals surface area contributed by atoms with Gasteiger partial charge in [-0.25, -0.2) is 0 Å². The van der Waals surface area contributed by atoms with Crippen molar-refractivity contribution in [3.63, 3.8) is 0 Å². The Balaban J connectivity index is 1.25. The first-order valence-corrected chi connectivity index (χ1v) is 11.7. The largest absolute Gasteiger partial charge is 0.466 e. The summed E-state index contributed by atoms with van der Waals surface area (Å²) in [6.45, 7) is 3.48. The lowest BCUT2D eigenvalue weighted by molar-refractivity contribution is -0.153. The van der Waals surface area contributed by atoms with Crippen LogP contribution in [-0.2, 0) is 14.3 Å². The van der Waals surface area contributed by atoms with Gasteiger partial charge >= 0.3 is 5.97 Å². The van der Waals surface area contributed by atoms with Gasteiger partial charge in [-0.05, 0) is 63.5 Å². The summed E-state index contributed by atoms with van der Waals surface area (Å²) in [5.41, 5.74) is 1.14. The molecule has 31 heavy (non-hydrogen) atoms. The number of nitrogens with one attached hydrogen (secondary N) is 2. The van der Waals surface area contributed by atoms with Crippen molar-refractivity contribution in [1.29, 1.82) is 0 Å². The summed E-state index contributed by atoms with van der Waals surface area (Å²) in [5.74, 6) is 0.503. The fourth-order valence-corrected chi connectivity index (χ4v) is 6.28. The maximum absolute atomic E-state index is 13.4. The van der Waals surface area contributed by atoms with E-state index in [1.807, 2.05) is 36.1 Å². The number of amides is 2. The number of fused-ring (bicyclic) bond motifs is 3. The lowest BCUT2D eigenvalue weighted by Crippen LogP contribution is -2.68. The number of hydrogen-bond donors (Lipinski definition) is 2. The van der Waals surface area contributed by atoms with Crippen LogP contribution >= 0.6 is 0 Å². The van der Waals surface area contributed by atoms with E-state index in [0.717, 1.165) is 31.4 Å². The molecule has 3 saturated carbocycles. The van der Waals surface area contributed by atoms with Gasteiger partial charge in [0, 0.05) is 30.6 Å². The molecule has 3 unspecified atom stereocenters. The Morgan fingerprint density at radius 2 is 1.90 bits per heavy atom. The molecule has 1 saturated heterocycles. The van der Waals surface area contributed by atoms with Crippen molar-refractivity contribution >= 4 is 23.5 Å². The van der Waals surface area contributed by atoms with Crippen LogP contribution in [0.5, 0.6) is 0 Å². The number of anilines is 1. The predicted octanol–water partition coefficient (Wildman–Crippen LogP) is 2.78. The molecule has 4 fully saturated rings. The van der Waals surface area contributed by atoms with E-state index in [1.165, 1.54) is 0 Å². The first kappa shape index (κ1) is 20.3. The first-order valence-electron chi connectivity index (χ1n) is 11.7. The second kappa shape index (κ2) is 7.84. The van der Waals surface area contributed by atoms with Crippen molar-refractivity contribution in [1.82, 2.24) is 10.2 Å². The van der Waals surface area contributed by atoms with Crippen LogP contribution in [0.1, 0.15) is 55.8 Å². The minimum absolute atomic E-state index is 0.0133. The fraction of sp³-hybridized carbons (Fsp3) is 0.625. The zero-order chi connectivity index (χ0) is 21.6. The van der Waals surface area contributed by atoms with Crippen LogP contribution in [-0.4, -0.2) is 48.0 Å².